The third kappa shape index (κ3) is 14.3. The van der Waals surface area contributed by atoms with Crippen LogP contribution in [0.4, 0.5) is 0 Å². The van der Waals surface area contributed by atoms with Crippen LogP contribution in [0.15, 0.2) is 0 Å². The zero-order chi connectivity index (χ0) is 12.8. The van der Waals surface area contributed by atoms with Crippen molar-refractivity contribution in [3.05, 3.63) is 0 Å². The van der Waals surface area contributed by atoms with Gasteiger partial charge in [-0.05, 0) is 18.8 Å². The van der Waals surface area contributed by atoms with Crippen LogP contribution in [0.1, 0.15) is 33.1 Å². The van der Waals surface area contributed by atoms with Crippen LogP contribution in [-0.4, -0.2) is 45.0 Å². The first-order valence-electron chi connectivity index (χ1n) is 6.60. The summed E-state index contributed by atoms with van der Waals surface area (Å²) in [5.74, 6) is 0.683. The lowest BCUT2D eigenvalue weighted by Gasteiger charge is -2.08. The van der Waals surface area contributed by atoms with Crippen molar-refractivity contribution in [2.75, 3.05) is 45.0 Å². The lowest BCUT2D eigenvalue weighted by molar-refractivity contribution is 0.0124. The first kappa shape index (κ1) is 17.4. The molecule has 17 heavy (non-hydrogen) atoms. The van der Waals surface area contributed by atoms with E-state index in [0.717, 1.165) is 31.4 Å². The number of alkyl halides is 1. The molecule has 0 fully saturated rings. The predicted octanol–water partition coefficient (Wildman–Crippen LogP) is 3.26. The molecule has 0 saturated heterocycles. The van der Waals surface area contributed by atoms with Crippen molar-refractivity contribution in [1.29, 1.82) is 0 Å². The van der Waals surface area contributed by atoms with Gasteiger partial charge < -0.3 is 14.2 Å². The zero-order valence-corrected chi connectivity index (χ0v) is 12.8. The molecule has 0 saturated carbocycles. The monoisotopic (exact) mass is 310 g/mol. The van der Waals surface area contributed by atoms with E-state index in [1.807, 2.05) is 0 Å². The van der Waals surface area contributed by atoms with Crippen LogP contribution in [0, 0.1) is 5.92 Å². The molecule has 0 radical (unpaired) electrons. The van der Waals surface area contributed by atoms with Gasteiger partial charge in [-0.2, -0.15) is 0 Å². The highest BCUT2D eigenvalue weighted by molar-refractivity contribution is 9.09. The SMILES string of the molecule is CCCCOCCOCCOCCC(C)CBr. The molecule has 0 heterocycles. The standard InChI is InChI=1S/C13H27BrO3/c1-3-4-6-15-8-10-17-11-9-16-7-5-13(2)12-14/h13H,3-12H2,1-2H3. The predicted molar refractivity (Wildman–Crippen MR) is 74.9 cm³/mol. The minimum atomic E-state index is 0.666. The summed E-state index contributed by atoms with van der Waals surface area (Å²) in [6.07, 6.45) is 3.42. The van der Waals surface area contributed by atoms with Gasteiger partial charge in [0.15, 0.2) is 0 Å². The van der Waals surface area contributed by atoms with E-state index in [1.165, 1.54) is 6.42 Å². The Morgan fingerprint density at radius 1 is 0.882 bits per heavy atom. The summed E-state index contributed by atoms with van der Waals surface area (Å²) in [5, 5.41) is 1.04. The summed E-state index contributed by atoms with van der Waals surface area (Å²) in [7, 11) is 0. The summed E-state index contributed by atoms with van der Waals surface area (Å²) in [6.45, 7) is 8.76. The Labute approximate surface area is 114 Å². The average Bonchev–Trinajstić information content (AvgIpc) is 2.35. The number of ether oxygens (including phenoxy) is 3. The van der Waals surface area contributed by atoms with Crippen molar-refractivity contribution in [2.24, 2.45) is 5.92 Å². The van der Waals surface area contributed by atoms with Crippen molar-refractivity contribution < 1.29 is 14.2 Å². The van der Waals surface area contributed by atoms with Gasteiger partial charge in [-0.1, -0.05) is 36.2 Å². The van der Waals surface area contributed by atoms with Crippen molar-refractivity contribution in [3.63, 3.8) is 0 Å². The second kappa shape index (κ2) is 14.4. The van der Waals surface area contributed by atoms with Gasteiger partial charge in [-0.15, -0.1) is 0 Å². The molecular formula is C13H27BrO3. The summed E-state index contributed by atoms with van der Waals surface area (Å²) >= 11 is 3.45. The summed E-state index contributed by atoms with van der Waals surface area (Å²) in [6, 6.07) is 0. The Morgan fingerprint density at radius 3 is 1.94 bits per heavy atom. The summed E-state index contributed by atoms with van der Waals surface area (Å²) in [5.41, 5.74) is 0. The largest absolute Gasteiger partial charge is 0.379 e. The van der Waals surface area contributed by atoms with E-state index < -0.39 is 0 Å². The first-order chi connectivity index (χ1) is 8.31. The molecule has 1 unspecified atom stereocenters. The summed E-state index contributed by atoms with van der Waals surface area (Å²) in [4.78, 5) is 0. The highest BCUT2D eigenvalue weighted by atomic mass is 79.9. The summed E-state index contributed by atoms with van der Waals surface area (Å²) < 4.78 is 16.2. The van der Waals surface area contributed by atoms with E-state index in [2.05, 4.69) is 29.8 Å². The van der Waals surface area contributed by atoms with Crippen LogP contribution in [-0.2, 0) is 14.2 Å². The fraction of sp³-hybridized carbons (Fsp3) is 1.00. The number of rotatable bonds is 13. The minimum Gasteiger partial charge on any atom is -0.379 e. The van der Waals surface area contributed by atoms with Gasteiger partial charge in [0, 0.05) is 18.5 Å². The van der Waals surface area contributed by atoms with Crippen LogP contribution in [0.25, 0.3) is 0 Å². The van der Waals surface area contributed by atoms with Gasteiger partial charge in [0.2, 0.25) is 0 Å². The Hall–Kier alpha value is 0.360. The molecule has 0 spiro atoms. The van der Waals surface area contributed by atoms with Crippen LogP contribution in [0.5, 0.6) is 0 Å². The van der Waals surface area contributed by atoms with Gasteiger partial charge >= 0.3 is 0 Å². The maximum absolute atomic E-state index is 5.46. The second-order valence-electron chi connectivity index (χ2n) is 4.24. The van der Waals surface area contributed by atoms with E-state index in [-0.39, 0.29) is 0 Å². The highest BCUT2D eigenvalue weighted by Crippen LogP contribution is 2.04. The van der Waals surface area contributed by atoms with Gasteiger partial charge in [0.25, 0.3) is 0 Å². The molecule has 0 rings (SSSR count). The quantitative estimate of drug-likeness (QED) is 0.386. The third-order valence-corrected chi connectivity index (χ3v) is 3.51. The number of halogens is 1. The number of hydrogen-bond donors (Lipinski definition) is 0. The molecule has 0 N–H and O–H groups in total. The molecule has 104 valence electrons. The smallest absolute Gasteiger partial charge is 0.0701 e. The maximum atomic E-state index is 5.46. The van der Waals surface area contributed by atoms with E-state index in [0.29, 0.717) is 32.3 Å². The van der Waals surface area contributed by atoms with Crippen molar-refractivity contribution >= 4 is 15.9 Å². The fourth-order valence-electron chi connectivity index (χ4n) is 1.15. The molecular weight excluding hydrogens is 284 g/mol. The van der Waals surface area contributed by atoms with E-state index in [1.54, 1.807) is 0 Å². The van der Waals surface area contributed by atoms with Gasteiger partial charge in [0.05, 0.1) is 26.4 Å². The molecule has 0 aliphatic rings. The Kier molecular flexibility index (Phi) is 14.7. The fourth-order valence-corrected chi connectivity index (χ4v) is 1.47. The number of unbranched alkanes of at least 4 members (excludes halogenated alkanes) is 1. The topological polar surface area (TPSA) is 27.7 Å². The molecule has 0 aromatic heterocycles. The number of hydrogen-bond acceptors (Lipinski definition) is 3. The molecule has 0 bridgehead atoms. The third-order valence-electron chi connectivity index (χ3n) is 2.40. The van der Waals surface area contributed by atoms with Crippen LogP contribution < -0.4 is 0 Å². The molecule has 0 amide bonds. The lowest BCUT2D eigenvalue weighted by atomic mass is 10.1. The molecule has 0 aliphatic heterocycles. The van der Waals surface area contributed by atoms with E-state index >= 15 is 0 Å². The molecule has 0 aromatic carbocycles. The molecule has 0 aromatic rings. The Bertz CT molecular complexity index is 145. The maximum Gasteiger partial charge on any atom is 0.0701 e. The molecule has 4 heteroatoms. The zero-order valence-electron chi connectivity index (χ0n) is 11.3. The van der Waals surface area contributed by atoms with Gasteiger partial charge in [-0.25, -0.2) is 0 Å². The molecule has 1 atom stereocenters. The van der Waals surface area contributed by atoms with E-state index in [9.17, 15) is 0 Å². The van der Waals surface area contributed by atoms with Gasteiger partial charge in [0.1, 0.15) is 0 Å². The lowest BCUT2D eigenvalue weighted by Crippen LogP contribution is -2.11. The van der Waals surface area contributed by atoms with Crippen molar-refractivity contribution in [2.45, 2.75) is 33.1 Å². The second-order valence-corrected chi connectivity index (χ2v) is 4.89. The highest BCUT2D eigenvalue weighted by Gasteiger charge is 1.98. The molecule has 3 nitrogen and oxygen atoms in total. The molecule has 0 aliphatic carbocycles. The van der Waals surface area contributed by atoms with E-state index in [4.69, 9.17) is 14.2 Å². The first-order valence-corrected chi connectivity index (χ1v) is 7.72. The average molecular weight is 311 g/mol. The van der Waals surface area contributed by atoms with Crippen LogP contribution in [0.3, 0.4) is 0 Å². The van der Waals surface area contributed by atoms with Crippen LogP contribution >= 0.6 is 15.9 Å². The van der Waals surface area contributed by atoms with Gasteiger partial charge in [-0.3, -0.25) is 0 Å². The van der Waals surface area contributed by atoms with Crippen molar-refractivity contribution in [3.8, 4) is 0 Å². The normalized spacial score (nSPS) is 12.9. The Balaban J connectivity index is 2.94. The Morgan fingerprint density at radius 2 is 1.41 bits per heavy atom. The van der Waals surface area contributed by atoms with Crippen molar-refractivity contribution in [1.82, 2.24) is 0 Å². The van der Waals surface area contributed by atoms with Crippen LogP contribution in [0.2, 0.25) is 0 Å². The minimum absolute atomic E-state index is 0.666.